The second-order valence-corrected chi connectivity index (χ2v) is 4.82. The second kappa shape index (κ2) is 9.94. The normalized spacial score (nSPS) is 10.4. The topological polar surface area (TPSA) is 58.6 Å². The van der Waals surface area contributed by atoms with E-state index in [0.717, 1.165) is 13.1 Å². The molecular weight excluding hydrogens is 268 g/mol. The van der Waals surface area contributed by atoms with Gasteiger partial charge in [0.1, 0.15) is 0 Å². The summed E-state index contributed by atoms with van der Waals surface area (Å²) in [5.41, 5.74) is 1.19. The highest BCUT2D eigenvalue weighted by Crippen LogP contribution is 2.03. The summed E-state index contributed by atoms with van der Waals surface area (Å²) in [6.07, 6.45) is 0.932. The Balaban J connectivity index is 2.26. The molecule has 0 fully saturated rings. The lowest BCUT2D eigenvalue weighted by Crippen LogP contribution is -2.37. The van der Waals surface area contributed by atoms with Crippen LogP contribution in [0.4, 0.5) is 0 Å². The highest BCUT2D eigenvalue weighted by Gasteiger charge is 2.09. The number of hydrogen-bond acceptors (Lipinski definition) is 4. The Hall–Kier alpha value is -1.88. The van der Waals surface area contributed by atoms with Crippen LogP contribution in [0.3, 0.4) is 0 Å². The average Bonchev–Trinajstić information content (AvgIpc) is 2.51. The van der Waals surface area contributed by atoms with Gasteiger partial charge in [-0.3, -0.25) is 14.5 Å². The van der Waals surface area contributed by atoms with Crippen LogP contribution in [0.2, 0.25) is 0 Å². The molecule has 21 heavy (non-hydrogen) atoms. The summed E-state index contributed by atoms with van der Waals surface area (Å²) in [6, 6.07) is 10.1. The second-order valence-electron chi connectivity index (χ2n) is 4.82. The number of nitrogens with one attached hydrogen (secondary N) is 1. The van der Waals surface area contributed by atoms with Crippen molar-refractivity contribution in [1.29, 1.82) is 0 Å². The summed E-state index contributed by atoms with van der Waals surface area (Å²) in [7, 11) is 1.36. The molecule has 5 heteroatoms. The zero-order valence-corrected chi connectivity index (χ0v) is 12.8. The smallest absolute Gasteiger partial charge is 0.305 e. The molecule has 1 aromatic rings. The van der Waals surface area contributed by atoms with Crippen LogP contribution in [-0.2, 0) is 20.9 Å². The molecule has 1 amide bonds. The van der Waals surface area contributed by atoms with Crippen molar-refractivity contribution < 1.29 is 14.3 Å². The SMILES string of the molecule is CCN(CC(=O)NCCCC(=O)OC)Cc1ccccc1. The molecule has 0 aromatic heterocycles. The Morgan fingerprint density at radius 3 is 2.57 bits per heavy atom. The molecule has 0 saturated heterocycles. The molecule has 0 unspecified atom stereocenters. The summed E-state index contributed by atoms with van der Waals surface area (Å²) in [6.45, 7) is 4.46. The standard InChI is InChI=1S/C16H24N2O3/c1-3-18(12-14-8-5-4-6-9-14)13-15(19)17-11-7-10-16(20)21-2/h4-6,8-9H,3,7,10-13H2,1-2H3,(H,17,19). The third-order valence-electron chi connectivity index (χ3n) is 3.17. The predicted octanol–water partition coefficient (Wildman–Crippen LogP) is 1.58. The number of hydrogen-bond donors (Lipinski definition) is 1. The molecule has 1 rings (SSSR count). The molecule has 0 radical (unpaired) electrons. The molecule has 5 nitrogen and oxygen atoms in total. The Morgan fingerprint density at radius 1 is 1.24 bits per heavy atom. The summed E-state index contributed by atoms with van der Waals surface area (Å²) in [4.78, 5) is 24.9. The molecule has 0 saturated carbocycles. The number of rotatable bonds is 9. The minimum atomic E-state index is -0.247. The van der Waals surface area contributed by atoms with Crippen LogP contribution in [0.15, 0.2) is 30.3 Å². The summed E-state index contributed by atoms with van der Waals surface area (Å²) in [5.74, 6) is -0.263. The number of methoxy groups -OCH3 is 1. The van der Waals surface area contributed by atoms with Crippen LogP contribution >= 0.6 is 0 Å². The van der Waals surface area contributed by atoms with Crippen LogP contribution in [-0.4, -0.2) is 43.5 Å². The predicted molar refractivity (Wildman–Crippen MR) is 81.7 cm³/mol. The lowest BCUT2D eigenvalue weighted by atomic mass is 10.2. The van der Waals surface area contributed by atoms with Crippen molar-refractivity contribution in [3.8, 4) is 0 Å². The van der Waals surface area contributed by atoms with Gasteiger partial charge in [0, 0.05) is 19.5 Å². The summed E-state index contributed by atoms with van der Waals surface area (Å²) < 4.78 is 4.55. The van der Waals surface area contributed by atoms with Crippen molar-refractivity contribution in [2.45, 2.75) is 26.3 Å². The third kappa shape index (κ3) is 7.46. The molecule has 1 aromatic carbocycles. The first-order valence-corrected chi connectivity index (χ1v) is 7.25. The van der Waals surface area contributed by atoms with Crippen molar-refractivity contribution >= 4 is 11.9 Å². The van der Waals surface area contributed by atoms with E-state index in [1.807, 2.05) is 25.1 Å². The van der Waals surface area contributed by atoms with Crippen molar-refractivity contribution in [2.75, 3.05) is 26.7 Å². The van der Waals surface area contributed by atoms with E-state index in [9.17, 15) is 9.59 Å². The quantitative estimate of drug-likeness (QED) is 0.554. The zero-order chi connectivity index (χ0) is 15.5. The average molecular weight is 292 g/mol. The summed E-state index contributed by atoms with van der Waals surface area (Å²) >= 11 is 0. The van der Waals surface area contributed by atoms with E-state index < -0.39 is 0 Å². The van der Waals surface area contributed by atoms with Gasteiger partial charge < -0.3 is 10.1 Å². The molecule has 0 bridgehead atoms. The van der Waals surface area contributed by atoms with Gasteiger partial charge in [0.05, 0.1) is 13.7 Å². The Labute approximate surface area is 126 Å². The minimum absolute atomic E-state index is 0.0161. The Morgan fingerprint density at radius 2 is 1.95 bits per heavy atom. The van der Waals surface area contributed by atoms with Crippen LogP contribution in [0, 0.1) is 0 Å². The van der Waals surface area contributed by atoms with Crippen molar-refractivity contribution in [3.63, 3.8) is 0 Å². The van der Waals surface area contributed by atoms with E-state index in [1.165, 1.54) is 12.7 Å². The van der Waals surface area contributed by atoms with E-state index in [1.54, 1.807) is 0 Å². The van der Waals surface area contributed by atoms with E-state index in [0.29, 0.717) is 25.9 Å². The third-order valence-corrected chi connectivity index (χ3v) is 3.17. The number of carbonyl (C=O) groups is 2. The lowest BCUT2D eigenvalue weighted by molar-refractivity contribution is -0.140. The van der Waals surface area contributed by atoms with Crippen LogP contribution in [0.5, 0.6) is 0 Å². The number of esters is 1. The fourth-order valence-corrected chi connectivity index (χ4v) is 1.94. The molecule has 0 heterocycles. The number of amides is 1. The first kappa shape index (κ1) is 17.2. The molecule has 0 aliphatic rings. The van der Waals surface area contributed by atoms with Crippen LogP contribution in [0.1, 0.15) is 25.3 Å². The number of carbonyl (C=O) groups excluding carboxylic acids is 2. The molecule has 0 spiro atoms. The van der Waals surface area contributed by atoms with Gasteiger partial charge in [-0.15, -0.1) is 0 Å². The van der Waals surface area contributed by atoms with Crippen molar-refractivity contribution in [2.24, 2.45) is 0 Å². The van der Waals surface area contributed by atoms with Gasteiger partial charge in [-0.1, -0.05) is 37.3 Å². The van der Waals surface area contributed by atoms with Gasteiger partial charge >= 0.3 is 5.97 Å². The fraction of sp³-hybridized carbons (Fsp3) is 0.500. The van der Waals surface area contributed by atoms with Gasteiger partial charge in [0.25, 0.3) is 0 Å². The van der Waals surface area contributed by atoms with Crippen LogP contribution in [0.25, 0.3) is 0 Å². The maximum atomic E-state index is 11.8. The first-order valence-electron chi connectivity index (χ1n) is 7.25. The van der Waals surface area contributed by atoms with Gasteiger partial charge in [0.2, 0.25) is 5.91 Å². The molecular formula is C16H24N2O3. The maximum Gasteiger partial charge on any atom is 0.305 e. The van der Waals surface area contributed by atoms with Crippen molar-refractivity contribution in [3.05, 3.63) is 35.9 Å². The largest absolute Gasteiger partial charge is 0.469 e. The summed E-state index contributed by atoms with van der Waals surface area (Å²) in [5, 5.41) is 2.82. The Bertz CT molecular complexity index is 434. The van der Waals surface area contributed by atoms with Gasteiger partial charge in [-0.2, -0.15) is 0 Å². The number of ether oxygens (including phenoxy) is 1. The highest BCUT2D eigenvalue weighted by atomic mass is 16.5. The zero-order valence-electron chi connectivity index (χ0n) is 12.8. The molecule has 1 N–H and O–H groups in total. The molecule has 0 aliphatic heterocycles. The van der Waals surface area contributed by atoms with Gasteiger partial charge in [-0.05, 0) is 18.5 Å². The maximum absolute atomic E-state index is 11.8. The van der Waals surface area contributed by atoms with Crippen LogP contribution < -0.4 is 5.32 Å². The van der Waals surface area contributed by atoms with E-state index in [-0.39, 0.29) is 11.9 Å². The van der Waals surface area contributed by atoms with E-state index in [4.69, 9.17) is 0 Å². The number of nitrogens with zero attached hydrogens (tertiary/aromatic N) is 1. The van der Waals surface area contributed by atoms with Crippen molar-refractivity contribution in [1.82, 2.24) is 10.2 Å². The molecule has 0 atom stereocenters. The van der Waals surface area contributed by atoms with Gasteiger partial charge in [-0.25, -0.2) is 0 Å². The number of benzene rings is 1. The van der Waals surface area contributed by atoms with E-state index >= 15 is 0 Å². The molecule has 0 aliphatic carbocycles. The minimum Gasteiger partial charge on any atom is -0.469 e. The lowest BCUT2D eigenvalue weighted by Gasteiger charge is -2.19. The highest BCUT2D eigenvalue weighted by molar-refractivity contribution is 5.78. The number of likely N-dealkylation sites (N-methyl/N-ethyl adjacent to an activating group) is 1. The monoisotopic (exact) mass is 292 g/mol. The fourth-order valence-electron chi connectivity index (χ4n) is 1.94. The first-order chi connectivity index (χ1) is 10.2. The van der Waals surface area contributed by atoms with E-state index in [2.05, 4.69) is 27.1 Å². The molecule has 116 valence electrons. The van der Waals surface area contributed by atoms with Gasteiger partial charge in [0.15, 0.2) is 0 Å². The Kier molecular flexibility index (Phi) is 8.12.